The summed E-state index contributed by atoms with van der Waals surface area (Å²) < 4.78 is 41.2. The van der Waals surface area contributed by atoms with E-state index in [9.17, 15) is 18.0 Å². The fourth-order valence-electron chi connectivity index (χ4n) is 3.27. The number of rotatable bonds is 7. The fourth-order valence-corrected chi connectivity index (χ4v) is 4.01. The first-order valence-corrected chi connectivity index (χ1v) is 11.5. The molecule has 178 valence electrons. The number of hydrogen-bond donors (Lipinski definition) is 1. The first kappa shape index (κ1) is 24.2. The molecule has 0 atom stereocenters. The van der Waals surface area contributed by atoms with Crippen LogP contribution in [0.1, 0.15) is 16.7 Å². The molecular weight excluding hydrogens is 475 g/mol. The SMILES string of the molecule is Cc1ccc(-n2c(SCC(=O)N/N=C\c3ccccc3C(F)(F)F)nnc2-c2ccccc2)cc1. The number of amides is 1. The minimum absolute atomic E-state index is 0.0585. The third kappa shape index (κ3) is 5.96. The Hall–Kier alpha value is -3.92. The van der Waals surface area contributed by atoms with Crippen molar-refractivity contribution in [3.05, 3.63) is 95.6 Å². The Labute approximate surface area is 203 Å². The molecule has 0 bridgehead atoms. The monoisotopic (exact) mass is 495 g/mol. The Bertz CT molecular complexity index is 1340. The van der Waals surface area contributed by atoms with Crippen molar-refractivity contribution in [3.63, 3.8) is 0 Å². The number of hydrogen-bond acceptors (Lipinski definition) is 5. The zero-order valence-corrected chi connectivity index (χ0v) is 19.3. The van der Waals surface area contributed by atoms with E-state index in [0.29, 0.717) is 11.0 Å². The van der Waals surface area contributed by atoms with Crippen LogP contribution in [0, 0.1) is 6.92 Å². The summed E-state index contributed by atoms with van der Waals surface area (Å²) in [6, 6.07) is 22.4. The number of carbonyl (C=O) groups is 1. The molecule has 4 aromatic rings. The van der Waals surface area contributed by atoms with Crippen LogP contribution in [-0.4, -0.2) is 32.6 Å². The molecule has 0 radical (unpaired) electrons. The molecule has 0 aliphatic rings. The Morgan fingerprint density at radius 3 is 2.40 bits per heavy atom. The van der Waals surface area contributed by atoms with Crippen LogP contribution in [0.15, 0.2) is 89.1 Å². The van der Waals surface area contributed by atoms with E-state index < -0.39 is 17.6 Å². The van der Waals surface area contributed by atoms with Crippen molar-refractivity contribution in [3.8, 4) is 17.1 Å². The molecule has 4 rings (SSSR count). The number of benzene rings is 3. The largest absolute Gasteiger partial charge is 0.417 e. The number of nitrogens with one attached hydrogen (secondary N) is 1. The van der Waals surface area contributed by atoms with E-state index in [-0.39, 0.29) is 11.3 Å². The number of thioether (sulfide) groups is 1. The summed E-state index contributed by atoms with van der Waals surface area (Å²) in [6.07, 6.45) is -3.54. The molecule has 3 aromatic carbocycles. The van der Waals surface area contributed by atoms with Gasteiger partial charge in [-0.2, -0.15) is 18.3 Å². The van der Waals surface area contributed by atoms with Gasteiger partial charge in [0.2, 0.25) is 0 Å². The van der Waals surface area contributed by atoms with Crippen LogP contribution >= 0.6 is 11.8 Å². The van der Waals surface area contributed by atoms with Gasteiger partial charge in [-0.3, -0.25) is 9.36 Å². The van der Waals surface area contributed by atoms with E-state index in [1.807, 2.05) is 66.1 Å². The lowest BCUT2D eigenvalue weighted by atomic mass is 10.1. The summed E-state index contributed by atoms with van der Waals surface area (Å²) in [5, 5.41) is 12.8. The van der Waals surface area contributed by atoms with Crippen LogP contribution in [0.2, 0.25) is 0 Å². The second-order valence-electron chi connectivity index (χ2n) is 7.51. The second kappa shape index (κ2) is 10.6. The average Bonchev–Trinajstić information content (AvgIpc) is 3.27. The van der Waals surface area contributed by atoms with Gasteiger partial charge in [-0.25, -0.2) is 5.43 Å². The van der Waals surface area contributed by atoms with Crippen LogP contribution in [0.5, 0.6) is 0 Å². The molecule has 0 saturated carbocycles. The number of aromatic nitrogens is 3. The van der Waals surface area contributed by atoms with Crippen molar-refractivity contribution in [2.24, 2.45) is 5.10 Å². The summed E-state index contributed by atoms with van der Waals surface area (Å²) in [5.41, 5.74) is 4.11. The molecule has 0 unspecified atom stereocenters. The quantitative estimate of drug-likeness (QED) is 0.209. The highest BCUT2D eigenvalue weighted by molar-refractivity contribution is 7.99. The first-order valence-electron chi connectivity index (χ1n) is 10.5. The van der Waals surface area contributed by atoms with E-state index in [2.05, 4.69) is 20.7 Å². The zero-order chi connectivity index (χ0) is 24.8. The Morgan fingerprint density at radius 1 is 1.00 bits per heavy atom. The maximum Gasteiger partial charge on any atom is 0.417 e. The number of nitrogens with zero attached hydrogens (tertiary/aromatic N) is 4. The molecule has 0 aliphatic carbocycles. The normalized spacial score (nSPS) is 11.7. The lowest BCUT2D eigenvalue weighted by Crippen LogP contribution is -2.20. The van der Waals surface area contributed by atoms with Gasteiger partial charge in [0, 0.05) is 16.8 Å². The molecule has 0 fully saturated rings. The minimum atomic E-state index is -4.51. The molecule has 6 nitrogen and oxygen atoms in total. The number of carbonyl (C=O) groups excluding carboxylic acids is 1. The van der Waals surface area contributed by atoms with Gasteiger partial charge >= 0.3 is 6.18 Å². The van der Waals surface area contributed by atoms with E-state index in [1.165, 1.54) is 18.2 Å². The molecule has 0 spiro atoms. The third-order valence-corrected chi connectivity index (χ3v) is 5.88. The molecule has 35 heavy (non-hydrogen) atoms. The third-order valence-electron chi connectivity index (χ3n) is 4.95. The summed E-state index contributed by atoms with van der Waals surface area (Å²) in [7, 11) is 0. The van der Waals surface area contributed by atoms with Gasteiger partial charge in [-0.1, -0.05) is 78.0 Å². The Morgan fingerprint density at radius 2 is 1.69 bits per heavy atom. The van der Waals surface area contributed by atoms with Crippen molar-refractivity contribution < 1.29 is 18.0 Å². The summed E-state index contributed by atoms with van der Waals surface area (Å²) in [5.74, 6) is 0.0754. The van der Waals surface area contributed by atoms with E-state index in [0.717, 1.165) is 40.9 Å². The molecule has 1 N–H and O–H groups in total. The summed E-state index contributed by atoms with van der Waals surface area (Å²) in [6.45, 7) is 1.99. The van der Waals surface area contributed by atoms with Gasteiger partial charge in [-0.05, 0) is 25.1 Å². The molecule has 1 heterocycles. The van der Waals surface area contributed by atoms with E-state index in [4.69, 9.17) is 0 Å². The highest BCUT2D eigenvalue weighted by atomic mass is 32.2. The molecule has 1 amide bonds. The minimum Gasteiger partial charge on any atom is -0.272 e. The number of halogens is 3. The predicted octanol–water partition coefficient (Wildman–Crippen LogP) is 5.50. The number of aryl methyl sites for hydroxylation is 1. The summed E-state index contributed by atoms with van der Waals surface area (Å²) in [4.78, 5) is 12.3. The van der Waals surface area contributed by atoms with E-state index >= 15 is 0 Å². The molecule has 0 saturated heterocycles. The molecule has 1 aromatic heterocycles. The van der Waals surface area contributed by atoms with Crippen molar-refractivity contribution in [1.29, 1.82) is 0 Å². The Kier molecular flexibility index (Phi) is 7.31. The summed E-state index contributed by atoms with van der Waals surface area (Å²) >= 11 is 1.15. The fraction of sp³-hybridized carbons (Fsp3) is 0.120. The van der Waals surface area contributed by atoms with Gasteiger partial charge < -0.3 is 0 Å². The average molecular weight is 496 g/mol. The molecule has 10 heteroatoms. The van der Waals surface area contributed by atoms with Crippen LogP contribution in [0.3, 0.4) is 0 Å². The van der Waals surface area contributed by atoms with Crippen molar-refractivity contribution >= 4 is 23.9 Å². The second-order valence-corrected chi connectivity index (χ2v) is 8.45. The van der Waals surface area contributed by atoms with E-state index in [1.54, 1.807) is 0 Å². The Balaban J connectivity index is 1.49. The number of alkyl halides is 3. The van der Waals surface area contributed by atoms with Gasteiger partial charge in [-0.15, -0.1) is 10.2 Å². The lowest BCUT2D eigenvalue weighted by Gasteiger charge is -2.10. The van der Waals surface area contributed by atoms with Gasteiger partial charge in [0.1, 0.15) is 0 Å². The van der Waals surface area contributed by atoms with Crippen LogP contribution in [0.25, 0.3) is 17.1 Å². The van der Waals surface area contributed by atoms with Gasteiger partial charge in [0.25, 0.3) is 5.91 Å². The zero-order valence-electron chi connectivity index (χ0n) is 18.5. The van der Waals surface area contributed by atoms with Crippen molar-refractivity contribution in [2.75, 3.05) is 5.75 Å². The number of hydrazone groups is 1. The van der Waals surface area contributed by atoms with Crippen molar-refractivity contribution in [1.82, 2.24) is 20.2 Å². The smallest absolute Gasteiger partial charge is 0.272 e. The van der Waals surface area contributed by atoms with Gasteiger partial charge in [0.05, 0.1) is 17.5 Å². The maximum absolute atomic E-state index is 13.1. The highest BCUT2D eigenvalue weighted by Crippen LogP contribution is 2.31. The lowest BCUT2D eigenvalue weighted by molar-refractivity contribution is -0.137. The first-order chi connectivity index (χ1) is 16.8. The molecule has 0 aliphatic heterocycles. The standard InChI is InChI=1S/C25H20F3N5OS/c1-17-11-13-20(14-12-17)33-23(18-7-3-2-4-8-18)31-32-24(33)35-16-22(34)30-29-15-19-9-5-6-10-21(19)25(26,27)28/h2-15H,16H2,1H3,(H,30,34)/b29-15-. The molecular formula is C25H20F3N5OS. The van der Waals surface area contributed by atoms with Crippen LogP contribution in [0.4, 0.5) is 13.2 Å². The highest BCUT2D eigenvalue weighted by Gasteiger charge is 2.32. The van der Waals surface area contributed by atoms with Crippen LogP contribution < -0.4 is 5.43 Å². The van der Waals surface area contributed by atoms with Crippen LogP contribution in [-0.2, 0) is 11.0 Å². The van der Waals surface area contributed by atoms with Gasteiger partial charge in [0.15, 0.2) is 11.0 Å². The maximum atomic E-state index is 13.1. The van der Waals surface area contributed by atoms with Crippen molar-refractivity contribution in [2.45, 2.75) is 18.3 Å². The topological polar surface area (TPSA) is 72.2 Å². The predicted molar refractivity (Wildman–Crippen MR) is 129 cm³/mol.